The highest BCUT2D eigenvalue weighted by Gasteiger charge is 2.41. The number of ether oxygens (including phenoxy) is 2. The minimum Gasteiger partial charge on any atom is -0.459 e. The summed E-state index contributed by atoms with van der Waals surface area (Å²) in [6.45, 7) is 0.650. The molecule has 0 bridgehead atoms. The number of thioether (sulfide) groups is 1. The van der Waals surface area contributed by atoms with E-state index in [1.165, 1.54) is 0 Å². The average Bonchev–Trinajstić information content (AvgIpc) is 2.85. The lowest BCUT2D eigenvalue weighted by molar-refractivity contribution is -0.106. The third kappa shape index (κ3) is 3.27. The van der Waals surface area contributed by atoms with Crippen LogP contribution in [0.25, 0.3) is 0 Å². The van der Waals surface area contributed by atoms with E-state index in [9.17, 15) is 4.79 Å². The standard InChI is InChI=1S/C15H20N2O3S/c16-11-5-10(6-12(17)7-11)14(18)20-13-1-3-19-15(8-13)2-4-21-9-15/h5-7,13H,1-4,8-9,16-17H2. The van der Waals surface area contributed by atoms with E-state index in [-0.39, 0.29) is 17.7 Å². The molecule has 2 heterocycles. The fraction of sp³-hybridized carbons (Fsp3) is 0.533. The molecule has 2 atom stereocenters. The van der Waals surface area contributed by atoms with Gasteiger partial charge in [-0.15, -0.1) is 0 Å². The third-order valence-electron chi connectivity index (χ3n) is 4.00. The summed E-state index contributed by atoms with van der Waals surface area (Å²) < 4.78 is 11.6. The van der Waals surface area contributed by atoms with E-state index in [1.54, 1.807) is 18.2 Å². The van der Waals surface area contributed by atoms with Gasteiger partial charge in [-0.25, -0.2) is 4.79 Å². The predicted octanol–water partition coefficient (Wildman–Crippen LogP) is 2.06. The van der Waals surface area contributed by atoms with Crippen LogP contribution < -0.4 is 11.5 Å². The first-order chi connectivity index (χ1) is 10.1. The van der Waals surface area contributed by atoms with Crippen LogP contribution in [0.15, 0.2) is 18.2 Å². The average molecular weight is 308 g/mol. The summed E-state index contributed by atoms with van der Waals surface area (Å²) in [5.74, 6) is 1.75. The molecule has 1 aromatic carbocycles. The van der Waals surface area contributed by atoms with E-state index >= 15 is 0 Å². The summed E-state index contributed by atoms with van der Waals surface area (Å²) in [6.07, 6.45) is 2.48. The Morgan fingerprint density at radius 1 is 1.33 bits per heavy atom. The lowest BCUT2D eigenvalue weighted by Crippen LogP contribution is -2.43. The molecule has 0 aliphatic carbocycles. The maximum atomic E-state index is 12.2. The van der Waals surface area contributed by atoms with Crippen molar-refractivity contribution in [2.75, 3.05) is 29.6 Å². The molecule has 1 spiro atoms. The van der Waals surface area contributed by atoms with E-state index < -0.39 is 0 Å². The van der Waals surface area contributed by atoms with E-state index in [0.717, 1.165) is 30.8 Å². The third-order valence-corrected chi connectivity index (χ3v) is 5.22. The van der Waals surface area contributed by atoms with Gasteiger partial charge in [0.25, 0.3) is 0 Å². The molecule has 5 nitrogen and oxygen atoms in total. The predicted molar refractivity (Wildman–Crippen MR) is 84.3 cm³/mol. The van der Waals surface area contributed by atoms with Crippen molar-refractivity contribution >= 4 is 29.1 Å². The summed E-state index contributed by atoms with van der Waals surface area (Å²) in [7, 11) is 0. The van der Waals surface area contributed by atoms with Crippen molar-refractivity contribution in [3.63, 3.8) is 0 Å². The molecule has 114 valence electrons. The minimum absolute atomic E-state index is 0.0902. The van der Waals surface area contributed by atoms with Gasteiger partial charge in [0.2, 0.25) is 0 Å². The first-order valence-electron chi connectivity index (χ1n) is 7.15. The number of nitrogens with two attached hydrogens (primary N) is 2. The van der Waals surface area contributed by atoms with Crippen LogP contribution >= 0.6 is 11.8 Å². The lowest BCUT2D eigenvalue weighted by Gasteiger charge is -2.37. The summed E-state index contributed by atoms with van der Waals surface area (Å²) >= 11 is 1.90. The zero-order chi connectivity index (χ0) is 14.9. The SMILES string of the molecule is Nc1cc(N)cc(C(=O)OC2CCOC3(CCSC3)C2)c1. The largest absolute Gasteiger partial charge is 0.459 e. The van der Waals surface area contributed by atoms with Crippen LogP contribution in [-0.2, 0) is 9.47 Å². The van der Waals surface area contributed by atoms with Crippen LogP contribution in [0.2, 0.25) is 0 Å². The van der Waals surface area contributed by atoms with E-state index in [0.29, 0.717) is 23.5 Å². The summed E-state index contributed by atoms with van der Waals surface area (Å²) in [4.78, 5) is 12.2. The van der Waals surface area contributed by atoms with Gasteiger partial charge in [-0.1, -0.05) is 0 Å². The Morgan fingerprint density at radius 2 is 2.10 bits per heavy atom. The maximum Gasteiger partial charge on any atom is 0.338 e. The molecule has 0 radical (unpaired) electrons. The van der Waals surface area contributed by atoms with Crippen LogP contribution in [0.3, 0.4) is 0 Å². The van der Waals surface area contributed by atoms with Gasteiger partial charge in [-0.05, 0) is 30.4 Å². The number of carbonyl (C=O) groups is 1. The van der Waals surface area contributed by atoms with Gasteiger partial charge in [-0.3, -0.25) is 0 Å². The molecule has 0 aromatic heterocycles. The Hall–Kier alpha value is -1.40. The number of benzene rings is 1. The Labute approximate surface area is 128 Å². The minimum atomic E-state index is -0.360. The Balaban J connectivity index is 1.66. The highest BCUT2D eigenvalue weighted by molar-refractivity contribution is 7.99. The van der Waals surface area contributed by atoms with Crippen molar-refractivity contribution in [2.45, 2.75) is 31.0 Å². The summed E-state index contributed by atoms with van der Waals surface area (Å²) in [5, 5.41) is 0. The Bertz CT molecular complexity index is 523. The molecule has 21 heavy (non-hydrogen) atoms. The van der Waals surface area contributed by atoms with Gasteiger partial charge in [0.15, 0.2) is 0 Å². The van der Waals surface area contributed by atoms with Crippen molar-refractivity contribution in [3.8, 4) is 0 Å². The summed E-state index contributed by atoms with van der Waals surface area (Å²) in [6, 6.07) is 4.81. The normalized spacial score (nSPS) is 28.7. The van der Waals surface area contributed by atoms with Crippen LogP contribution in [0.1, 0.15) is 29.6 Å². The van der Waals surface area contributed by atoms with Gasteiger partial charge >= 0.3 is 5.97 Å². The molecule has 0 amide bonds. The number of carbonyl (C=O) groups excluding carboxylic acids is 1. The van der Waals surface area contributed by atoms with Gasteiger partial charge in [0, 0.05) is 30.0 Å². The molecule has 4 N–H and O–H groups in total. The number of esters is 1. The Morgan fingerprint density at radius 3 is 2.76 bits per heavy atom. The number of hydrogen-bond acceptors (Lipinski definition) is 6. The molecular weight excluding hydrogens is 288 g/mol. The van der Waals surface area contributed by atoms with E-state index in [4.69, 9.17) is 20.9 Å². The number of hydrogen-bond donors (Lipinski definition) is 2. The van der Waals surface area contributed by atoms with Crippen molar-refractivity contribution in [1.82, 2.24) is 0 Å². The van der Waals surface area contributed by atoms with Gasteiger partial charge in [0.05, 0.1) is 17.8 Å². The zero-order valence-corrected chi connectivity index (χ0v) is 12.7. The number of rotatable bonds is 2. The molecule has 1 aromatic rings. The molecule has 2 fully saturated rings. The topological polar surface area (TPSA) is 87.6 Å². The summed E-state index contributed by atoms with van der Waals surface area (Å²) in [5.41, 5.74) is 12.7. The van der Waals surface area contributed by atoms with Crippen LogP contribution in [-0.4, -0.2) is 35.8 Å². The molecule has 2 aliphatic heterocycles. The lowest BCUT2D eigenvalue weighted by atomic mass is 9.91. The van der Waals surface area contributed by atoms with Crippen molar-refractivity contribution < 1.29 is 14.3 Å². The van der Waals surface area contributed by atoms with Gasteiger partial charge in [-0.2, -0.15) is 11.8 Å². The Kier molecular flexibility index (Phi) is 3.99. The first-order valence-corrected chi connectivity index (χ1v) is 8.31. The monoisotopic (exact) mass is 308 g/mol. The van der Waals surface area contributed by atoms with Crippen molar-refractivity contribution in [1.29, 1.82) is 0 Å². The van der Waals surface area contributed by atoms with Crippen LogP contribution in [0.4, 0.5) is 11.4 Å². The molecular formula is C15H20N2O3S. The van der Waals surface area contributed by atoms with Gasteiger partial charge < -0.3 is 20.9 Å². The molecule has 3 rings (SSSR count). The second-order valence-electron chi connectivity index (χ2n) is 5.74. The molecule has 2 aliphatic rings. The van der Waals surface area contributed by atoms with Crippen molar-refractivity contribution in [2.24, 2.45) is 0 Å². The zero-order valence-electron chi connectivity index (χ0n) is 11.8. The number of nitrogen functional groups attached to an aromatic ring is 2. The van der Waals surface area contributed by atoms with Crippen LogP contribution in [0.5, 0.6) is 0 Å². The quantitative estimate of drug-likeness (QED) is 0.642. The van der Waals surface area contributed by atoms with E-state index in [2.05, 4.69) is 0 Å². The van der Waals surface area contributed by atoms with Gasteiger partial charge in [0.1, 0.15) is 6.10 Å². The smallest absolute Gasteiger partial charge is 0.338 e. The second-order valence-corrected chi connectivity index (χ2v) is 6.85. The molecule has 2 unspecified atom stereocenters. The first kappa shape index (κ1) is 14.5. The number of anilines is 2. The molecule has 6 heteroatoms. The highest BCUT2D eigenvalue weighted by atomic mass is 32.2. The highest BCUT2D eigenvalue weighted by Crippen LogP contribution is 2.39. The fourth-order valence-corrected chi connectivity index (χ4v) is 4.34. The molecule has 2 saturated heterocycles. The van der Waals surface area contributed by atoms with E-state index in [1.807, 2.05) is 11.8 Å². The van der Waals surface area contributed by atoms with Crippen LogP contribution in [0, 0.1) is 0 Å². The molecule has 0 saturated carbocycles. The maximum absolute atomic E-state index is 12.2. The fourth-order valence-electron chi connectivity index (χ4n) is 2.96. The second kappa shape index (κ2) is 5.77. The van der Waals surface area contributed by atoms with Crippen molar-refractivity contribution in [3.05, 3.63) is 23.8 Å².